The number of methoxy groups -OCH3 is 1. The normalized spacial score (nSPS) is 22.4. The third-order valence-electron chi connectivity index (χ3n) is 3.70. The van der Waals surface area contributed by atoms with Gasteiger partial charge in [-0.1, -0.05) is 25.5 Å². The van der Waals surface area contributed by atoms with Crippen LogP contribution >= 0.6 is 0 Å². The average Bonchev–Trinajstić information content (AvgIpc) is 3.22. The van der Waals surface area contributed by atoms with Crippen molar-refractivity contribution in [3.05, 3.63) is 24.3 Å². The topological polar surface area (TPSA) is 50.7 Å². The van der Waals surface area contributed by atoms with E-state index in [0.717, 1.165) is 5.92 Å². The molecule has 0 aliphatic heterocycles. The minimum atomic E-state index is -0.497. The van der Waals surface area contributed by atoms with Gasteiger partial charge in [-0.25, -0.2) is 0 Å². The zero-order chi connectivity index (χ0) is 14.4. The molecule has 4 heteroatoms. The molecule has 112 valence electrons. The Bertz CT molecular complexity index is 410. The summed E-state index contributed by atoms with van der Waals surface area (Å²) in [5.74, 6) is 2.17. The number of para-hydroxylation sites is 2. The highest BCUT2D eigenvalue weighted by Crippen LogP contribution is 2.34. The van der Waals surface area contributed by atoms with Crippen LogP contribution in [0.2, 0.25) is 0 Å². The van der Waals surface area contributed by atoms with Crippen LogP contribution in [0.15, 0.2) is 24.3 Å². The third kappa shape index (κ3) is 4.39. The molecule has 1 saturated carbocycles. The maximum Gasteiger partial charge on any atom is 0.161 e. The molecular weight excluding hydrogens is 254 g/mol. The van der Waals surface area contributed by atoms with Gasteiger partial charge in [0.1, 0.15) is 12.7 Å². The lowest BCUT2D eigenvalue weighted by Gasteiger charge is -2.15. The molecule has 0 heterocycles. The Kier molecular flexibility index (Phi) is 5.68. The van der Waals surface area contributed by atoms with Gasteiger partial charge in [0.05, 0.1) is 7.11 Å². The lowest BCUT2D eigenvalue weighted by Crippen LogP contribution is -2.33. The van der Waals surface area contributed by atoms with Gasteiger partial charge in [0.25, 0.3) is 0 Å². The van der Waals surface area contributed by atoms with Gasteiger partial charge in [0.2, 0.25) is 0 Å². The van der Waals surface area contributed by atoms with E-state index in [1.54, 1.807) is 7.11 Å². The summed E-state index contributed by atoms with van der Waals surface area (Å²) in [5.41, 5.74) is 0. The van der Waals surface area contributed by atoms with Crippen LogP contribution in [0.25, 0.3) is 0 Å². The number of hydrogen-bond acceptors (Lipinski definition) is 4. The fourth-order valence-electron chi connectivity index (χ4n) is 2.46. The smallest absolute Gasteiger partial charge is 0.161 e. The summed E-state index contributed by atoms with van der Waals surface area (Å²) in [6.45, 7) is 3.07. The van der Waals surface area contributed by atoms with E-state index in [1.807, 2.05) is 24.3 Å². The molecule has 0 radical (unpaired) electrons. The zero-order valence-electron chi connectivity index (χ0n) is 12.3. The highest BCUT2D eigenvalue weighted by molar-refractivity contribution is 5.39. The molecular formula is C16H25NO3. The van der Waals surface area contributed by atoms with E-state index in [2.05, 4.69) is 12.2 Å². The standard InChI is InChI=1S/C16H25NO3/c1-3-6-12-9-14(12)17-10-13(18)11-20-16-8-5-4-7-15(16)19-2/h4-5,7-8,12-14,17-18H,3,6,9-11H2,1-2H3. The molecule has 1 aliphatic carbocycles. The lowest BCUT2D eigenvalue weighted by molar-refractivity contribution is 0.104. The van der Waals surface area contributed by atoms with Crippen LogP contribution in [0, 0.1) is 5.92 Å². The van der Waals surface area contributed by atoms with Crippen molar-refractivity contribution in [3.63, 3.8) is 0 Å². The molecule has 0 saturated heterocycles. The molecule has 3 atom stereocenters. The molecule has 0 aromatic heterocycles. The van der Waals surface area contributed by atoms with Crippen LogP contribution in [0.3, 0.4) is 0 Å². The van der Waals surface area contributed by atoms with Gasteiger partial charge in [-0.05, 0) is 30.9 Å². The van der Waals surface area contributed by atoms with E-state index in [-0.39, 0.29) is 6.61 Å². The summed E-state index contributed by atoms with van der Waals surface area (Å²) in [6, 6.07) is 8.07. The van der Waals surface area contributed by atoms with Crippen molar-refractivity contribution in [2.75, 3.05) is 20.3 Å². The third-order valence-corrected chi connectivity index (χ3v) is 3.70. The number of ether oxygens (including phenoxy) is 2. The quantitative estimate of drug-likeness (QED) is 0.727. The first kappa shape index (κ1) is 15.1. The van der Waals surface area contributed by atoms with Crippen LogP contribution in [-0.2, 0) is 0 Å². The van der Waals surface area contributed by atoms with Crippen LogP contribution in [0.1, 0.15) is 26.2 Å². The monoisotopic (exact) mass is 279 g/mol. The SMILES string of the molecule is CCCC1CC1NCC(O)COc1ccccc1OC. The first-order valence-corrected chi connectivity index (χ1v) is 7.41. The summed E-state index contributed by atoms with van der Waals surface area (Å²) >= 11 is 0. The predicted octanol–water partition coefficient (Wildman–Crippen LogP) is 2.21. The van der Waals surface area contributed by atoms with E-state index in [4.69, 9.17) is 9.47 Å². The van der Waals surface area contributed by atoms with Crippen molar-refractivity contribution >= 4 is 0 Å². The van der Waals surface area contributed by atoms with Crippen molar-refractivity contribution in [2.24, 2.45) is 5.92 Å². The fourth-order valence-corrected chi connectivity index (χ4v) is 2.46. The Balaban J connectivity index is 1.66. The van der Waals surface area contributed by atoms with Gasteiger partial charge in [-0.15, -0.1) is 0 Å². The summed E-state index contributed by atoms with van der Waals surface area (Å²) in [4.78, 5) is 0. The maximum atomic E-state index is 9.94. The highest BCUT2D eigenvalue weighted by atomic mass is 16.5. The van der Waals surface area contributed by atoms with Gasteiger partial charge in [-0.2, -0.15) is 0 Å². The molecule has 0 bridgehead atoms. The van der Waals surface area contributed by atoms with Crippen LogP contribution in [0.5, 0.6) is 11.5 Å². The van der Waals surface area contributed by atoms with Gasteiger partial charge < -0.3 is 19.9 Å². The molecule has 2 rings (SSSR count). The second-order valence-electron chi connectivity index (χ2n) is 5.41. The average molecular weight is 279 g/mol. The Labute approximate surface area is 121 Å². The van der Waals surface area contributed by atoms with Crippen molar-refractivity contribution in [3.8, 4) is 11.5 Å². The molecule has 0 amide bonds. The molecule has 2 N–H and O–H groups in total. The number of benzene rings is 1. The number of nitrogens with one attached hydrogen (secondary N) is 1. The largest absolute Gasteiger partial charge is 0.493 e. The zero-order valence-corrected chi connectivity index (χ0v) is 12.3. The molecule has 1 aliphatic rings. The fraction of sp³-hybridized carbons (Fsp3) is 0.625. The second-order valence-corrected chi connectivity index (χ2v) is 5.41. The van der Waals surface area contributed by atoms with Crippen LogP contribution in [0.4, 0.5) is 0 Å². The first-order valence-electron chi connectivity index (χ1n) is 7.41. The van der Waals surface area contributed by atoms with Crippen LogP contribution < -0.4 is 14.8 Å². The van der Waals surface area contributed by atoms with Gasteiger partial charge in [0, 0.05) is 12.6 Å². The molecule has 20 heavy (non-hydrogen) atoms. The van der Waals surface area contributed by atoms with Gasteiger partial charge in [-0.3, -0.25) is 0 Å². The molecule has 0 spiro atoms. The summed E-state index contributed by atoms with van der Waals surface area (Å²) in [7, 11) is 1.61. The van der Waals surface area contributed by atoms with Crippen molar-refractivity contribution in [1.29, 1.82) is 0 Å². The molecule has 4 nitrogen and oxygen atoms in total. The van der Waals surface area contributed by atoms with Crippen LogP contribution in [-0.4, -0.2) is 37.5 Å². The van der Waals surface area contributed by atoms with Gasteiger partial charge in [0.15, 0.2) is 11.5 Å². The molecule has 1 aromatic rings. The number of hydrogen-bond donors (Lipinski definition) is 2. The molecule has 1 aromatic carbocycles. The van der Waals surface area contributed by atoms with E-state index in [9.17, 15) is 5.11 Å². The minimum Gasteiger partial charge on any atom is -0.493 e. The summed E-state index contributed by atoms with van der Waals surface area (Å²) < 4.78 is 10.8. The number of aliphatic hydroxyl groups is 1. The molecule has 1 fully saturated rings. The first-order chi connectivity index (χ1) is 9.74. The Hall–Kier alpha value is -1.26. The van der Waals surface area contributed by atoms with E-state index in [1.165, 1.54) is 19.3 Å². The predicted molar refractivity (Wildman–Crippen MR) is 79.3 cm³/mol. The maximum absolute atomic E-state index is 9.94. The van der Waals surface area contributed by atoms with E-state index >= 15 is 0 Å². The number of rotatable bonds is 9. The molecule has 3 unspecified atom stereocenters. The Morgan fingerprint density at radius 1 is 1.35 bits per heavy atom. The summed E-state index contributed by atoms with van der Waals surface area (Å²) in [5, 5.41) is 13.3. The van der Waals surface area contributed by atoms with E-state index in [0.29, 0.717) is 24.1 Å². The van der Waals surface area contributed by atoms with Crippen molar-refractivity contribution in [1.82, 2.24) is 5.32 Å². The Morgan fingerprint density at radius 3 is 2.80 bits per heavy atom. The number of aliphatic hydroxyl groups excluding tert-OH is 1. The highest BCUT2D eigenvalue weighted by Gasteiger charge is 2.35. The summed E-state index contributed by atoms with van der Waals surface area (Å²) in [6.07, 6.45) is 3.27. The minimum absolute atomic E-state index is 0.276. The van der Waals surface area contributed by atoms with Crippen molar-refractivity contribution < 1.29 is 14.6 Å². The van der Waals surface area contributed by atoms with Gasteiger partial charge >= 0.3 is 0 Å². The Morgan fingerprint density at radius 2 is 2.10 bits per heavy atom. The second kappa shape index (κ2) is 7.50. The van der Waals surface area contributed by atoms with E-state index < -0.39 is 6.10 Å². The lowest BCUT2D eigenvalue weighted by atomic mass is 10.2. The van der Waals surface area contributed by atoms with Crippen molar-refractivity contribution in [2.45, 2.75) is 38.3 Å².